The first kappa shape index (κ1) is 26.7. The van der Waals surface area contributed by atoms with Crippen molar-refractivity contribution >= 4 is 21.6 Å². The van der Waals surface area contributed by atoms with Crippen molar-refractivity contribution in [3.63, 3.8) is 0 Å². The lowest BCUT2D eigenvalue weighted by molar-refractivity contribution is -0.119. The number of amides is 1. The molecular weight excluding hydrogens is 490 g/mol. The van der Waals surface area contributed by atoms with E-state index in [9.17, 15) is 13.2 Å². The van der Waals surface area contributed by atoms with Crippen LogP contribution in [0.2, 0.25) is 0 Å². The molecule has 0 spiro atoms. The number of rotatable bonds is 10. The Morgan fingerprint density at radius 3 is 2.35 bits per heavy atom. The number of nitrogens with zero attached hydrogens (tertiary/aromatic N) is 2. The molecule has 0 radical (unpaired) electrons. The lowest BCUT2D eigenvalue weighted by Gasteiger charge is -2.26. The van der Waals surface area contributed by atoms with E-state index in [1.54, 1.807) is 30.3 Å². The van der Waals surface area contributed by atoms with E-state index in [2.05, 4.69) is 22.3 Å². The van der Waals surface area contributed by atoms with Crippen LogP contribution in [0.15, 0.2) is 77.7 Å². The number of morpholine rings is 1. The third kappa shape index (κ3) is 6.88. The van der Waals surface area contributed by atoms with E-state index in [0.29, 0.717) is 18.0 Å². The molecule has 3 aromatic rings. The van der Waals surface area contributed by atoms with Crippen LogP contribution in [0.1, 0.15) is 16.7 Å². The van der Waals surface area contributed by atoms with Crippen molar-refractivity contribution in [2.75, 3.05) is 44.3 Å². The van der Waals surface area contributed by atoms with Crippen LogP contribution in [0, 0.1) is 6.92 Å². The number of hydrogen-bond donors (Lipinski definition) is 1. The summed E-state index contributed by atoms with van der Waals surface area (Å²) < 4.78 is 39.2. The second-order valence-corrected chi connectivity index (χ2v) is 10.8. The molecule has 196 valence electrons. The number of hydrogen-bond acceptors (Lipinski definition) is 6. The number of benzene rings is 3. The number of carbonyl (C=O) groups excluding carboxylic acids is 1. The molecule has 9 heteroatoms. The summed E-state index contributed by atoms with van der Waals surface area (Å²) in [6, 6.07) is 21.4. The molecule has 37 heavy (non-hydrogen) atoms. The molecule has 0 unspecified atom stereocenters. The minimum absolute atomic E-state index is 0.0993. The summed E-state index contributed by atoms with van der Waals surface area (Å²) in [5, 5.41) is 2.86. The van der Waals surface area contributed by atoms with Gasteiger partial charge in [-0.3, -0.25) is 14.0 Å². The Bertz CT molecular complexity index is 1290. The topological polar surface area (TPSA) is 88.2 Å². The molecule has 0 saturated carbocycles. The van der Waals surface area contributed by atoms with Gasteiger partial charge in [-0.05, 0) is 47.9 Å². The van der Waals surface area contributed by atoms with E-state index in [1.165, 1.54) is 24.8 Å². The SMILES string of the molecule is COc1ccc(C)cc1N(CC(=O)NCc1ccc(CN2CCOCC2)cc1)S(=O)(=O)c1ccccc1. The molecule has 8 nitrogen and oxygen atoms in total. The highest BCUT2D eigenvalue weighted by Crippen LogP contribution is 2.33. The summed E-state index contributed by atoms with van der Waals surface area (Å²) in [6.07, 6.45) is 0. The number of carbonyl (C=O) groups is 1. The first-order valence-corrected chi connectivity index (χ1v) is 13.7. The maximum absolute atomic E-state index is 13.6. The second kappa shape index (κ2) is 12.2. The Labute approximate surface area is 218 Å². The van der Waals surface area contributed by atoms with Crippen molar-refractivity contribution < 1.29 is 22.7 Å². The summed E-state index contributed by atoms with van der Waals surface area (Å²) in [5.74, 6) is -0.0470. The van der Waals surface area contributed by atoms with Gasteiger partial charge in [-0.25, -0.2) is 8.42 Å². The number of methoxy groups -OCH3 is 1. The van der Waals surface area contributed by atoms with Gasteiger partial charge in [0, 0.05) is 26.2 Å². The van der Waals surface area contributed by atoms with E-state index in [1.807, 2.05) is 25.1 Å². The maximum Gasteiger partial charge on any atom is 0.264 e. The minimum atomic E-state index is -4.02. The van der Waals surface area contributed by atoms with Crippen molar-refractivity contribution in [3.8, 4) is 5.75 Å². The fraction of sp³-hybridized carbons (Fsp3) is 0.321. The second-order valence-electron chi connectivity index (χ2n) is 8.98. The van der Waals surface area contributed by atoms with Gasteiger partial charge >= 0.3 is 0 Å². The Morgan fingerprint density at radius 2 is 1.68 bits per heavy atom. The van der Waals surface area contributed by atoms with Crippen molar-refractivity contribution in [2.24, 2.45) is 0 Å². The molecule has 1 aliphatic heterocycles. The molecular formula is C28H33N3O5S. The Morgan fingerprint density at radius 1 is 1.00 bits per heavy atom. The normalized spacial score (nSPS) is 14.2. The van der Waals surface area contributed by atoms with Crippen molar-refractivity contribution in [2.45, 2.75) is 24.9 Å². The monoisotopic (exact) mass is 523 g/mol. The molecule has 1 heterocycles. The van der Waals surface area contributed by atoms with Gasteiger partial charge in [-0.15, -0.1) is 0 Å². The van der Waals surface area contributed by atoms with Crippen LogP contribution in [0.4, 0.5) is 5.69 Å². The number of nitrogens with one attached hydrogen (secondary N) is 1. The lowest BCUT2D eigenvalue weighted by atomic mass is 10.1. The zero-order valence-corrected chi connectivity index (χ0v) is 22.0. The van der Waals surface area contributed by atoms with Crippen LogP contribution in [0.25, 0.3) is 0 Å². The number of aryl methyl sites for hydroxylation is 1. The molecule has 1 saturated heterocycles. The minimum Gasteiger partial charge on any atom is -0.495 e. The van der Waals surface area contributed by atoms with E-state index in [4.69, 9.17) is 9.47 Å². The number of anilines is 1. The highest BCUT2D eigenvalue weighted by Gasteiger charge is 2.29. The van der Waals surface area contributed by atoms with Gasteiger partial charge in [-0.1, -0.05) is 48.5 Å². The van der Waals surface area contributed by atoms with Crippen LogP contribution >= 0.6 is 0 Å². The third-order valence-electron chi connectivity index (χ3n) is 6.24. The molecule has 1 aliphatic rings. The van der Waals surface area contributed by atoms with Crippen molar-refractivity contribution in [3.05, 3.63) is 89.5 Å². The Balaban J connectivity index is 1.47. The van der Waals surface area contributed by atoms with Gasteiger partial charge in [0.25, 0.3) is 10.0 Å². The van der Waals surface area contributed by atoms with Crippen molar-refractivity contribution in [1.29, 1.82) is 0 Å². The molecule has 4 rings (SSSR count). The zero-order valence-electron chi connectivity index (χ0n) is 21.2. The van der Waals surface area contributed by atoms with Crippen LogP contribution in [-0.4, -0.2) is 59.2 Å². The smallest absolute Gasteiger partial charge is 0.264 e. The molecule has 0 atom stereocenters. The molecule has 0 aliphatic carbocycles. The van der Waals surface area contributed by atoms with E-state index in [0.717, 1.165) is 48.3 Å². The molecule has 0 bridgehead atoms. The van der Waals surface area contributed by atoms with E-state index >= 15 is 0 Å². The van der Waals surface area contributed by atoms with Gasteiger partial charge in [0.05, 0.1) is 30.9 Å². The first-order valence-electron chi connectivity index (χ1n) is 12.2. The van der Waals surface area contributed by atoms with E-state index < -0.39 is 15.9 Å². The highest BCUT2D eigenvalue weighted by atomic mass is 32.2. The zero-order chi connectivity index (χ0) is 26.3. The van der Waals surface area contributed by atoms with Crippen LogP contribution < -0.4 is 14.4 Å². The third-order valence-corrected chi connectivity index (χ3v) is 8.02. The molecule has 1 amide bonds. The van der Waals surface area contributed by atoms with Gasteiger partial charge < -0.3 is 14.8 Å². The maximum atomic E-state index is 13.6. The summed E-state index contributed by atoms with van der Waals surface area (Å²) >= 11 is 0. The van der Waals surface area contributed by atoms with Crippen molar-refractivity contribution in [1.82, 2.24) is 10.2 Å². The average molecular weight is 524 g/mol. The van der Waals surface area contributed by atoms with E-state index in [-0.39, 0.29) is 11.4 Å². The lowest BCUT2D eigenvalue weighted by Crippen LogP contribution is -2.41. The van der Waals surface area contributed by atoms with Gasteiger partial charge in [0.15, 0.2) is 0 Å². The van der Waals surface area contributed by atoms with Crippen LogP contribution in [-0.2, 0) is 32.6 Å². The Kier molecular flexibility index (Phi) is 8.81. The predicted molar refractivity (Wildman–Crippen MR) is 143 cm³/mol. The highest BCUT2D eigenvalue weighted by molar-refractivity contribution is 7.92. The Hall–Kier alpha value is -3.40. The van der Waals surface area contributed by atoms with Gasteiger partial charge in [0.2, 0.25) is 5.91 Å². The van der Waals surface area contributed by atoms with Crippen LogP contribution in [0.3, 0.4) is 0 Å². The quantitative estimate of drug-likeness (QED) is 0.439. The summed E-state index contributed by atoms with van der Waals surface area (Å²) in [6.45, 7) is 6.00. The molecule has 1 fully saturated rings. The summed E-state index contributed by atoms with van der Waals surface area (Å²) in [7, 11) is -2.55. The fourth-order valence-corrected chi connectivity index (χ4v) is 5.63. The fourth-order valence-electron chi connectivity index (χ4n) is 4.18. The molecule has 0 aromatic heterocycles. The summed E-state index contributed by atoms with van der Waals surface area (Å²) in [4.78, 5) is 15.5. The predicted octanol–water partition coefficient (Wildman–Crippen LogP) is 3.35. The summed E-state index contributed by atoms with van der Waals surface area (Å²) in [5.41, 5.74) is 3.30. The van der Waals surface area contributed by atoms with Crippen LogP contribution in [0.5, 0.6) is 5.75 Å². The van der Waals surface area contributed by atoms with Gasteiger partial charge in [0.1, 0.15) is 12.3 Å². The number of sulfonamides is 1. The largest absolute Gasteiger partial charge is 0.495 e. The van der Waals surface area contributed by atoms with Gasteiger partial charge in [-0.2, -0.15) is 0 Å². The molecule has 3 aromatic carbocycles. The average Bonchev–Trinajstić information content (AvgIpc) is 2.92. The molecule has 1 N–H and O–H groups in total. The standard InChI is InChI=1S/C28H33N3O5S/c1-22-8-13-27(35-2)26(18-22)31(37(33,34)25-6-4-3-5-7-25)21-28(32)29-19-23-9-11-24(12-10-23)20-30-14-16-36-17-15-30/h3-13,18H,14-17,19-21H2,1-2H3,(H,29,32). The number of ether oxygens (including phenoxy) is 2. The first-order chi connectivity index (χ1) is 17.9.